The van der Waals surface area contributed by atoms with Crippen LogP contribution in [0.1, 0.15) is 29.1 Å². The average Bonchev–Trinajstić information content (AvgIpc) is 2.89. The van der Waals surface area contributed by atoms with Gasteiger partial charge in [-0.1, -0.05) is 0 Å². The van der Waals surface area contributed by atoms with E-state index in [1.165, 1.54) is 25.2 Å². The monoisotopic (exact) mass is 329 g/mol. The summed E-state index contributed by atoms with van der Waals surface area (Å²) in [7, 11) is -3.82. The quantitative estimate of drug-likeness (QED) is 0.844. The molecule has 114 valence electrons. The van der Waals surface area contributed by atoms with Gasteiger partial charge >= 0.3 is 0 Å². The van der Waals surface area contributed by atoms with Gasteiger partial charge in [-0.05, 0) is 38.0 Å². The third kappa shape index (κ3) is 3.07. The molecule has 0 spiro atoms. The highest BCUT2D eigenvalue weighted by atomic mass is 32.2. The predicted molar refractivity (Wildman–Crippen MR) is 81.1 cm³/mol. The molecule has 0 aliphatic rings. The average molecular weight is 329 g/mol. The molecular weight excluding hydrogens is 313 g/mol. The van der Waals surface area contributed by atoms with Crippen LogP contribution in [0.2, 0.25) is 0 Å². The minimum atomic E-state index is -3.82. The zero-order chi connectivity index (χ0) is 15.8. The normalized spacial score (nSPS) is 13.3. The summed E-state index contributed by atoms with van der Waals surface area (Å²) in [5.74, 6) is -0.614. The van der Waals surface area contributed by atoms with E-state index in [0.29, 0.717) is 10.6 Å². The minimum Gasteiger partial charge on any atom is -0.396 e. The van der Waals surface area contributed by atoms with Crippen molar-refractivity contribution in [1.82, 2.24) is 9.71 Å². The maximum absolute atomic E-state index is 13.5. The van der Waals surface area contributed by atoms with Crippen molar-refractivity contribution in [3.63, 3.8) is 0 Å². The number of hydrogen-bond donors (Lipinski definition) is 2. The topological polar surface area (TPSA) is 85.1 Å². The number of anilines is 1. The number of aryl methyl sites for hydroxylation is 1. The third-order valence-corrected chi connectivity index (χ3v) is 5.91. The number of sulfonamides is 1. The molecule has 1 aromatic heterocycles. The van der Waals surface area contributed by atoms with Gasteiger partial charge in [-0.3, -0.25) is 0 Å². The molecule has 0 saturated heterocycles. The second-order valence-electron chi connectivity index (χ2n) is 4.76. The maximum Gasteiger partial charge on any atom is 0.241 e. The molecule has 8 heteroatoms. The van der Waals surface area contributed by atoms with Crippen molar-refractivity contribution in [3.05, 3.63) is 39.6 Å². The molecule has 3 N–H and O–H groups in total. The predicted octanol–water partition coefficient (Wildman–Crippen LogP) is 2.52. The van der Waals surface area contributed by atoms with Crippen LogP contribution in [0.4, 0.5) is 10.1 Å². The van der Waals surface area contributed by atoms with Gasteiger partial charge in [0.25, 0.3) is 0 Å². The SMILES string of the molecule is Cc1cc(F)c(N)c(C)c1S(=O)(=O)NC(C)c1nccs1. The Kier molecular flexibility index (Phi) is 4.31. The molecule has 2 aromatic rings. The standard InChI is InChI=1S/C13H16FN3O2S2/c1-7-6-10(14)11(15)8(2)12(7)21(18,19)17-9(3)13-16-4-5-20-13/h4-6,9,17H,15H2,1-3H3. The van der Waals surface area contributed by atoms with Crippen LogP contribution >= 0.6 is 11.3 Å². The van der Waals surface area contributed by atoms with Crippen molar-refractivity contribution in [1.29, 1.82) is 0 Å². The summed E-state index contributed by atoms with van der Waals surface area (Å²) in [6.07, 6.45) is 1.61. The van der Waals surface area contributed by atoms with Crippen LogP contribution in [0, 0.1) is 19.7 Å². The minimum absolute atomic E-state index is 0.0183. The summed E-state index contributed by atoms with van der Waals surface area (Å²) in [5.41, 5.74) is 5.98. The van der Waals surface area contributed by atoms with E-state index in [-0.39, 0.29) is 16.1 Å². The molecule has 1 aromatic carbocycles. The molecule has 1 heterocycles. The Bertz CT molecular complexity index is 758. The van der Waals surface area contributed by atoms with Gasteiger partial charge in [-0.25, -0.2) is 22.5 Å². The van der Waals surface area contributed by atoms with E-state index in [9.17, 15) is 12.8 Å². The number of benzene rings is 1. The third-order valence-electron chi connectivity index (χ3n) is 3.13. The first-order valence-corrected chi connectivity index (χ1v) is 8.57. The zero-order valence-corrected chi connectivity index (χ0v) is 13.5. The number of nitrogens with one attached hydrogen (secondary N) is 1. The number of hydrogen-bond acceptors (Lipinski definition) is 5. The molecule has 0 bridgehead atoms. The second-order valence-corrected chi connectivity index (χ2v) is 7.33. The molecule has 0 aliphatic carbocycles. The number of nitrogens with zero attached hydrogens (tertiary/aromatic N) is 1. The number of rotatable bonds is 4. The fraction of sp³-hybridized carbons (Fsp3) is 0.308. The zero-order valence-electron chi connectivity index (χ0n) is 11.8. The van der Waals surface area contributed by atoms with Gasteiger partial charge in [0.15, 0.2) is 0 Å². The van der Waals surface area contributed by atoms with E-state index in [1.54, 1.807) is 18.5 Å². The smallest absolute Gasteiger partial charge is 0.241 e. The van der Waals surface area contributed by atoms with E-state index >= 15 is 0 Å². The van der Waals surface area contributed by atoms with Crippen LogP contribution in [0.5, 0.6) is 0 Å². The van der Waals surface area contributed by atoms with Crippen molar-refractivity contribution >= 4 is 27.0 Å². The molecule has 0 amide bonds. The van der Waals surface area contributed by atoms with Gasteiger partial charge in [0.05, 0.1) is 16.6 Å². The lowest BCUT2D eigenvalue weighted by Gasteiger charge is -2.17. The maximum atomic E-state index is 13.5. The number of nitrogens with two attached hydrogens (primary N) is 1. The molecule has 0 aliphatic heterocycles. The summed E-state index contributed by atoms with van der Waals surface area (Å²) >= 11 is 1.36. The Morgan fingerprint density at radius 1 is 1.43 bits per heavy atom. The van der Waals surface area contributed by atoms with Crippen molar-refractivity contribution in [2.24, 2.45) is 0 Å². The summed E-state index contributed by atoms with van der Waals surface area (Å²) in [6.45, 7) is 4.74. The number of nitrogen functional groups attached to an aromatic ring is 1. The lowest BCUT2D eigenvalue weighted by atomic mass is 10.1. The van der Waals surface area contributed by atoms with Crippen LogP contribution in [-0.2, 0) is 10.0 Å². The lowest BCUT2D eigenvalue weighted by molar-refractivity contribution is 0.564. The highest BCUT2D eigenvalue weighted by Crippen LogP contribution is 2.28. The Morgan fingerprint density at radius 3 is 2.67 bits per heavy atom. The van der Waals surface area contributed by atoms with Crippen molar-refractivity contribution < 1.29 is 12.8 Å². The Balaban J connectivity index is 2.43. The van der Waals surface area contributed by atoms with Gasteiger partial charge in [0.2, 0.25) is 10.0 Å². The van der Waals surface area contributed by atoms with Crippen molar-refractivity contribution in [2.75, 3.05) is 5.73 Å². The number of aromatic nitrogens is 1. The summed E-state index contributed by atoms with van der Waals surface area (Å²) in [6, 6.07) is 0.658. The van der Waals surface area contributed by atoms with Crippen molar-refractivity contribution in [2.45, 2.75) is 31.7 Å². The van der Waals surface area contributed by atoms with Gasteiger partial charge < -0.3 is 5.73 Å². The molecule has 0 radical (unpaired) electrons. The Labute approximate surface area is 127 Å². The van der Waals surface area contributed by atoms with Crippen molar-refractivity contribution in [3.8, 4) is 0 Å². The highest BCUT2D eigenvalue weighted by molar-refractivity contribution is 7.89. The molecule has 1 unspecified atom stereocenters. The number of halogens is 1. The van der Waals surface area contributed by atoms with Crippen LogP contribution in [-0.4, -0.2) is 13.4 Å². The van der Waals surface area contributed by atoms with Crippen LogP contribution in [0.15, 0.2) is 22.5 Å². The summed E-state index contributed by atoms with van der Waals surface area (Å²) < 4.78 is 41.2. The fourth-order valence-electron chi connectivity index (χ4n) is 2.13. The van der Waals surface area contributed by atoms with Crippen LogP contribution < -0.4 is 10.5 Å². The van der Waals surface area contributed by atoms with E-state index in [4.69, 9.17) is 5.73 Å². The van der Waals surface area contributed by atoms with Gasteiger partial charge in [0.1, 0.15) is 10.8 Å². The molecule has 2 rings (SSSR count). The van der Waals surface area contributed by atoms with Gasteiger partial charge in [-0.15, -0.1) is 11.3 Å². The van der Waals surface area contributed by atoms with E-state index in [1.807, 2.05) is 0 Å². The Morgan fingerprint density at radius 2 is 2.10 bits per heavy atom. The largest absolute Gasteiger partial charge is 0.396 e. The lowest BCUT2D eigenvalue weighted by Crippen LogP contribution is -2.28. The van der Waals surface area contributed by atoms with Crippen LogP contribution in [0.3, 0.4) is 0 Å². The summed E-state index contributed by atoms with van der Waals surface area (Å²) in [5, 5.41) is 2.43. The molecule has 5 nitrogen and oxygen atoms in total. The van der Waals surface area contributed by atoms with E-state index in [0.717, 1.165) is 6.07 Å². The first-order chi connectivity index (χ1) is 9.74. The first kappa shape index (κ1) is 15.9. The van der Waals surface area contributed by atoms with E-state index < -0.39 is 21.9 Å². The summed E-state index contributed by atoms with van der Waals surface area (Å²) in [4.78, 5) is 4.10. The molecular formula is C13H16FN3O2S2. The first-order valence-electron chi connectivity index (χ1n) is 6.21. The number of thiazole rings is 1. The van der Waals surface area contributed by atoms with Gasteiger partial charge in [-0.2, -0.15) is 0 Å². The Hall–Kier alpha value is -1.51. The molecule has 0 saturated carbocycles. The second kappa shape index (κ2) is 5.70. The molecule has 21 heavy (non-hydrogen) atoms. The van der Waals surface area contributed by atoms with E-state index in [2.05, 4.69) is 9.71 Å². The molecule has 1 atom stereocenters. The van der Waals surface area contributed by atoms with Gasteiger partial charge in [0, 0.05) is 11.6 Å². The molecule has 0 fully saturated rings. The highest BCUT2D eigenvalue weighted by Gasteiger charge is 2.25. The van der Waals surface area contributed by atoms with Crippen LogP contribution in [0.25, 0.3) is 0 Å². The fourth-order valence-corrected chi connectivity index (χ4v) is 4.55.